The van der Waals surface area contributed by atoms with Crippen molar-refractivity contribution in [3.8, 4) is 11.4 Å². The van der Waals surface area contributed by atoms with Gasteiger partial charge in [-0.3, -0.25) is 0 Å². The zero-order valence-electron chi connectivity index (χ0n) is 13.3. The number of halogens is 2. The number of imidazole rings is 2. The Labute approximate surface area is 184 Å². The number of hydrogen-bond donors (Lipinski definition) is 0. The van der Waals surface area contributed by atoms with Crippen LogP contribution in [0.3, 0.4) is 0 Å². The molecular formula is C16H18I2N4S2. The monoisotopic (exact) mass is 584 g/mol. The fraction of sp³-hybridized carbons (Fsp3) is 0.125. The number of thiophene rings is 2. The normalized spacial score (nSPS) is 9.42. The molecule has 4 nitrogen and oxygen atoms in total. The first-order valence-electron chi connectivity index (χ1n) is 6.84. The summed E-state index contributed by atoms with van der Waals surface area (Å²) in [5, 5.41) is 8.41. The van der Waals surface area contributed by atoms with Crippen LogP contribution in [-0.4, -0.2) is 9.13 Å². The third kappa shape index (κ3) is 5.67. The van der Waals surface area contributed by atoms with E-state index in [-0.39, 0.29) is 48.0 Å². The first-order valence-corrected chi connectivity index (χ1v) is 8.72. The number of aryl methyl sites for hydroxylation is 2. The van der Waals surface area contributed by atoms with Gasteiger partial charge in [0.25, 0.3) is 0 Å². The molecule has 0 fully saturated rings. The maximum Gasteiger partial charge on any atom is 0.248 e. The Balaban J connectivity index is 0.000000222. The molecule has 4 aromatic rings. The van der Waals surface area contributed by atoms with Gasteiger partial charge >= 0.3 is 0 Å². The zero-order chi connectivity index (χ0) is 15.4. The van der Waals surface area contributed by atoms with E-state index in [0.717, 1.165) is 0 Å². The molecule has 0 aliphatic heterocycles. The van der Waals surface area contributed by atoms with E-state index in [9.17, 15) is 0 Å². The summed E-state index contributed by atoms with van der Waals surface area (Å²) < 4.78 is 8.24. The summed E-state index contributed by atoms with van der Waals surface area (Å²) in [6.07, 6.45) is 12.2. The summed E-state index contributed by atoms with van der Waals surface area (Å²) in [7, 11) is 4.03. The topological polar surface area (TPSA) is 17.6 Å². The molecule has 4 rings (SSSR count). The lowest BCUT2D eigenvalue weighted by Crippen LogP contribution is -3.00. The molecule has 4 aromatic heterocycles. The molecule has 0 saturated carbocycles. The van der Waals surface area contributed by atoms with Crippen LogP contribution in [0.4, 0.5) is 0 Å². The van der Waals surface area contributed by atoms with E-state index in [1.807, 2.05) is 60.7 Å². The quantitative estimate of drug-likeness (QED) is 0.174. The summed E-state index contributed by atoms with van der Waals surface area (Å²) in [6.45, 7) is 0. The maximum atomic E-state index is 2.12. The molecule has 4 heterocycles. The molecule has 0 atom stereocenters. The van der Waals surface area contributed by atoms with Crippen molar-refractivity contribution < 1.29 is 57.1 Å². The predicted molar refractivity (Wildman–Crippen MR) is 89.6 cm³/mol. The molecule has 0 unspecified atom stereocenters. The average molecular weight is 584 g/mol. The fourth-order valence-corrected chi connectivity index (χ4v) is 3.29. The zero-order valence-corrected chi connectivity index (χ0v) is 19.2. The molecule has 0 N–H and O–H groups in total. The van der Waals surface area contributed by atoms with Gasteiger partial charge in [-0.1, -0.05) is 0 Å². The molecule has 128 valence electrons. The molecule has 0 amide bonds. The van der Waals surface area contributed by atoms with Gasteiger partial charge in [-0.2, -0.15) is 0 Å². The second kappa shape index (κ2) is 10.3. The molecule has 0 saturated heterocycles. The Bertz CT molecular complexity index is 750. The summed E-state index contributed by atoms with van der Waals surface area (Å²) in [4.78, 5) is 0. The molecule has 0 bridgehead atoms. The Morgan fingerprint density at radius 2 is 1.17 bits per heavy atom. The van der Waals surface area contributed by atoms with Gasteiger partial charge < -0.3 is 48.0 Å². The molecule has 0 aliphatic carbocycles. The van der Waals surface area contributed by atoms with Crippen LogP contribution in [-0.2, 0) is 14.1 Å². The largest absolute Gasteiger partial charge is 1.00 e. The van der Waals surface area contributed by atoms with Crippen LogP contribution in [0, 0.1) is 0 Å². The second-order valence-electron chi connectivity index (χ2n) is 4.94. The van der Waals surface area contributed by atoms with Gasteiger partial charge in [0.15, 0.2) is 0 Å². The van der Waals surface area contributed by atoms with Crippen molar-refractivity contribution in [2.75, 3.05) is 0 Å². The van der Waals surface area contributed by atoms with Crippen molar-refractivity contribution in [1.82, 2.24) is 9.13 Å². The second-order valence-corrected chi connectivity index (χ2v) is 6.50. The Morgan fingerprint density at radius 3 is 1.42 bits per heavy atom. The lowest BCUT2D eigenvalue weighted by molar-refractivity contribution is -0.670. The van der Waals surface area contributed by atoms with Gasteiger partial charge in [-0.15, -0.1) is 22.7 Å². The third-order valence-electron chi connectivity index (χ3n) is 3.15. The van der Waals surface area contributed by atoms with Gasteiger partial charge in [0.1, 0.15) is 36.2 Å². The molecule has 0 aromatic carbocycles. The molecular weight excluding hydrogens is 566 g/mol. The number of nitrogens with zero attached hydrogens (tertiary/aromatic N) is 4. The molecule has 0 aliphatic rings. The van der Waals surface area contributed by atoms with Crippen molar-refractivity contribution in [3.05, 3.63) is 71.1 Å². The molecule has 8 heteroatoms. The minimum Gasteiger partial charge on any atom is -1.00 e. The van der Waals surface area contributed by atoms with Crippen LogP contribution in [0.25, 0.3) is 11.4 Å². The first kappa shape index (κ1) is 21.3. The Kier molecular flexibility index (Phi) is 9.16. The van der Waals surface area contributed by atoms with E-state index < -0.39 is 0 Å². The summed E-state index contributed by atoms with van der Waals surface area (Å²) in [5.41, 5.74) is 2.46. The van der Waals surface area contributed by atoms with Gasteiger partial charge in [0, 0.05) is 10.8 Å². The van der Waals surface area contributed by atoms with Gasteiger partial charge in [0.2, 0.25) is 12.7 Å². The third-order valence-corrected chi connectivity index (χ3v) is 4.49. The van der Waals surface area contributed by atoms with Crippen LogP contribution in [0.2, 0.25) is 0 Å². The summed E-state index contributed by atoms with van der Waals surface area (Å²) in [6, 6.07) is 4.20. The Morgan fingerprint density at radius 1 is 0.750 bits per heavy atom. The van der Waals surface area contributed by atoms with Crippen LogP contribution in [0.5, 0.6) is 0 Å². The number of rotatable bonds is 2. The highest BCUT2D eigenvalue weighted by Gasteiger charge is 2.03. The predicted octanol–water partition coefficient (Wildman–Crippen LogP) is -3.27. The standard InChI is InChI=1S/2C8H9N2S.2HI/c2*1-9-3-4-10(7-9)8-2-5-11-6-8;;/h2*2-7H,1H3;2*1H/q2*+1;;/p-2. The van der Waals surface area contributed by atoms with Crippen LogP contribution in [0.1, 0.15) is 0 Å². The molecule has 24 heavy (non-hydrogen) atoms. The van der Waals surface area contributed by atoms with Crippen LogP contribution >= 0.6 is 22.7 Å². The van der Waals surface area contributed by atoms with Crippen molar-refractivity contribution in [2.24, 2.45) is 14.1 Å². The SMILES string of the molecule is C[n+]1ccn(-c2ccsc2)c1.C[n+]1ccn(-c2ccsc2)c1.[I-].[I-]. The van der Waals surface area contributed by atoms with Crippen molar-refractivity contribution in [2.45, 2.75) is 0 Å². The van der Waals surface area contributed by atoms with E-state index in [0.29, 0.717) is 0 Å². The maximum absolute atomic E-state index is 2.12. The van der Waals surface area contributed by atoms with Crippen LogP contribution in [0.15, 0.2) is 71.1 Å². The van der Waals surface area contributed by atoms with Gasteiger partial charge in [-0.05, 0) is 22.9 Å². The summed E-state index contributed by atoms with van der Waals surface area (Å²) in [5.74, 6) is 0. The van der Waals surface area contributed by atoms with E-state index >= 15 is 0 Å². The van der Waals surface area contributed by atoms with E-state index in [2.05, 4.69) is 42.8 Å². The molecule has 0 spiro atoms. The van der Waals surface area contributed by atoms with Crippen molar-refractivity contribution in [3.63, 3.8) is 0 Å². The minimum atomic E-state index is 0. The highest BCUT2D eigenvalue weighted by atomic mass is 127. The first-order chi connectivity index (χ1) is 10.7. The van der Waals surface area contributed by atoms with E-state index in [4.69, 9.17) is 0 Å². The van der Waals surface area contributed by atoms with Crippen LogP contribution < -0.4 is 57.1 Å². The Hall–Kier alpha value is -0.720. The molecule has 0 radical (unpaired) electrons. The highest BCUT2D eigenvalue weighted by molar-refractivity contribution is 7.08. The summed E-state index contributed by atoms with van der Waals surface area (Å²) >= 11 is 3.43. The fourth-order valence-electron chi connectivity index (χ4n) is 2.01. The van der Waals surface area contributed by atoms with Crippen molar-refractivity contribution in [1.29, 1.82) is 0 Å². The minimum absolute atomic E-state index is 0. The smallest absolute Gasteiger partial charge is 0.248 e. The van der Waals surface area contributed by atoms with Gasteiger partial charge in [0.05, 0.1) is 14.1 Å². The van der Waals surface area contributed by atoms with Gasteiger partial charge in [-0.25, -0.2) is 18.3 Å². The van der Waals surface area contributed by atoms with E-state index in [1.54, 1.807) is 22.7 Å². The van der Waals surface area contributed by atoms with E-state index in [1.165, 1.54) is 11.4 Å². The van der Waals surface area contributed by atoms with Crippen molar-refractivity contribution >= 4 is 22.7 Å². The number of hydrogen-bond acceptors (Lipinski definition) is 2. The number of aromatic nitrogens is 4. The lowest BCUT2D eigenvalue weighted by atomic mass is 10.5. The lowest BCUT2D eigenvalue weighted by Gasteiger charge is -1.85. The highest BCUT2D eigenvalue weighted by Crippen LogP contribution is 2.10. The average Bonchev–Trinajstić information content (AvgIpc) is 3.28.